The number of pyridine rings is 1. The maximum Gasteiger partial charge on any atom is 0.390 e. The van der Waals surface area contributed by atoms with Crippen molar-refractivity contribution in [2.45, 2.75) is 33.0 Å². The van der Waals surface area contributed by atoms with Gasteiger partial charge in [-0.25, -0.2) is 9.98 Å². The van der Waals surface area contributed by atoms with Gasteiger partial charge in [0.1, 0.15) is 0 Å². The second-order valence-electron chi connectivity index (χ2n) is 5.97. The largest absolute Gasteiger partial charge is 0.490 e. The first-order valence-electron chi connectivity index (χ1n) is 9.34. The molecular weight excluding hydrogens is 512 g/mol. The van der Waals surface area contributed by atoms with Crippen LogP contribution in [0.5, 0.6) is 17.4 Å². The zero-order valence-electron chi connectivity index (χ0n) is 16.8. The Kier molecular flexibility index (Phi) is 11.3. The first-order valence-corrected chi connectivity index (χ1v) is 9.34. The van der Waals surface area contributed by atoms with Crippen molar-refractivity contribution < 1.29 is 22.6 Å². The molecule has 2 aromatic rings. The van der Waals surface area contributed by atoms with Crippen molar-refractivity contribution in [1.82, 2.24) is 15.6 Å². The third-order valence-electron chi connectivity index (χ3n) is 3.63. The van der Waals surface area contributed by atoms with Gasteiger partial charge in [-0.15, -0.1) is 24.0 Å². The number of aromatic nitrogens is 1. The standard InChI is InChI=1S/C20H25F3N4O2.HI/c1-3-24-19(25-12-11-20(21,22)23)27-14-15-9-10-18(26-13-15)29-17-8-6-5-7-16(17)28-4-2;/h5-10,13H,3-4,11-12,14H2,1-2H3,(H2,24,25,27);1H. The predicted molar refractivity (Wildman–Crippen MR) is 121 cm³/mol. The van der Waals surface area contributed by atoms with Crippen LogP contribution >= 0.6 is 24.0 Å². The summed E-state index contributed by atoms with van der Waals surface area (Å²) < 4.78 is 48.1. The van der Waals surface area contributed by atoms with Crippen molar-refractivity contribution in [3.8, 4) is 17.4 Å². The number of hydrogen-bond donors (Lipinski definition) is 2. The molecule has 0 saturated heterocycles. The molecule has 0 atom stereocenters. The first kappa shape index (κ1) is 25.8. The number of guanidine groups is 1. The van der Waals surface area contributed by atoms with Crippen LogP contribution in [0, 0.1) is 0 Å². The molecule has 0 amide bonds. The van der Waals surface area contributed by atoms with Crippen LogP contribution in [0.3, 0.4) is 0 Å². The summed E-state index contributed by atoms with van der Waals surface area (Å²) in [5.41, 5.74) is 0.795. The Morgan fingerprint density at radius 2 is 1.80 bits per heavy atom. The number of alkyl halides is 3. The number of hydrogen-bond acceptors (Lipinski definition) is 4. The molecule has 166 valence electrons. The second-order valence-corrected chi connectivity index (χ2v) is 5.97. The van der Waals surface area contributed by atoms with Crippen molar-refractivity contribution in [3.63, 3.8) is 0 Å². The quantitative estimate of drug-likeness (QED) is 0.270. The van der Waals surface area contributed by atoms with Crippen LogP contribution < -0.4 is 20.1 Å². The van der Waals surface area contributed by atoms with Crippen LogP contribution in [0.1, 0.15) is 25.8 Å². The van der Waals surface area contributed by atoms with Gasteiger partial charge in [-0.3, -0.25) is 0 Å². The van der Waals surface area contributed by atoms with E-state index < -0.39 is 12.6 Å². The molecule has 30 heavy (non-hydrogen) atoms. The van der Waals surface area contributed by atoms with Crippen LogP contribution in [0.4, 0.5) is 13.2 Å². The summed E-state index contributed by atoms with van der Waals surface area (Å²) in [4.78, 5) is 8.54. The third kappa shape index (κ3) is 9.51. The maximum absolute atomic E-state index is 12.3. The van der Waals surface area contributed by atoms with Gasteiger partial charge >= 0.3 is 6.18 Å². The third-order valence-corrected chi connectivity index (χ3v) is 3.63. The van der Waals surface area contributed by atoms with Gasteiger partial charge in [-0.2, -0.15) is 13.2 Å². The molecule has 0 bridgehead atoms. The number of ether oxygens (including phenoxy) is 2. The Balaban J connectivity index is 0.00000450. The zero-order chi connectivity index (χ0) is 21.1. The molecule has 1 aromatic heterocycles. The lowest BCUT2D eigenvalue weighted by Crippen LogP contribution is -2.38. The topological polar surface area (TPSA) is 67.8 Å². The zero-order valence-corrected chi connectivity index (χ0v) is 19.2. The van der Waals surface area contributed by atoms with Gasteiger partial charge in [0.15, 0.2) is 17.5 Å². The lowest BCUT2D eigenvalue weighted by molar-refractivity contribution is -0.132. The number of rotatable bonds is 9. The number of nitrogens with zero attached hydrogens (tertiary/aromatic N) is 2. The summed E-state index contributed by atoms with van der Waals surface area (Å²) in [6.07, 6.45) is -3.51. The number of benzene rings is 1. The van der Waals surface area contributed by atoms with Crippen molar-refractivity contribution in [2.75, 3.05) is 19.7 Å². The van der Waals surface area contributed by atoms with Crippen LogP contribution in [-0.4, -0.2) is 36.8 Å². The minimum atomic E-state index is -4.20. The highest BCUT2D eigenvalue weighted by Crippen LogP contribution is 2.30. The molecular formula is C20H26F3IN4O2. The molecule has 0 unspecified atom stereocenters. The lowest BCUT2D eigenvalue weighted by Gasteiger charge is -2.12. The Labute approximate surface area is 191 Å². The summed E-state index contributed by atoms with van der Waals surface area (Å²) in [5, 5.41) is 5.58. The van der Waals surface area contributed by atoms with Crippen molar-refractivity contribution in [1.29, 1.82) is 0 Å². The summed E-state index contributed by atoms with van der Waals surface area (Å²) in [5.74, 6) is 1.92. The molecule has 1 aromatic carbocycles. The van der Waals surface area contributed by atoms with Gasteiger partial charge in [-0.1, -0.05) is 18.2 Å². The number of para-hydroxylation sites is 2. The lowest BCUT2D eigenvalue weighted by atomic mass is 10.3. The number of halogens is 4. The minimum absolute atomic E-state index is 0. The van der Waals surface area contributed by atoms with Gasteiger partial charge in [-0.05, 0) is 31.5 Å². The maximum atomic E-state index is 12.3. The smallest absolute Gasteiger partial charge is 0.390 e. The van der Waals surface area contributed by atoms with E-state index in [9.17, 15) is 13.2 Å². The predicted octanol–water partition coefficient (Wildman–Crippen LogP) is 4.90. The van der Waals surface area contributed by atoms with Crippen molar-refractivity contribution in [2.24, 2.45) is 4.99 Å². The van der Waals surface area contributed by atoms with Gasteiger partial charge in [0, 0.05) is 25.4 Å². The highest BCUT2D eigenvalue weighted by Gasteiger charge is 2.26. The number of aliphatic imine (C=N–C) groups is 1. The number of nitrogens with one attached hydrogen (secondary N) is 2. The van der Waals surface area contributed by atoms with E-state index in [-0.39, 0.29) is 37.1 Å². The Bertz CT molecular complexity index is 786. The van der Waals surface area contributed by atoms with Crippen LogP contribution in [0.2, 0.25) is 0 Å². The summed E-state index contributed by atoms with van der Waals surface area (Å²) in [6.45, 7) is 4.83. The first-order chi connectivity index (χ1) is 13.9. The molecule has 0 aliphatic rings. The average molecular weight is 538 g/mol. The monoisotopic (exact) mass is 538 g/mol. The molecule has 0 saturated carbocycles. The normalized spacial score (nSPS) is 11.4. The molecule has 6 nitrogen and oxygen atoms in total. The fourth-order valence-corrected chi connectivity index (χ4v) is 2.32. The average Bonchev–Trinajstić information content (AvgIpc) is 2.68. The molecule has 0 spiro atoms. The molecule has 0 aliphatic heterocycles. The van der Waals surface area contributed by atoms with E-state index in [4.69, 9.17) is 9.47 Å². The second kappa shape index (κ2) is 13.1. The molecule has 2 N–H and O–H groups in total. The van der Waals surface area contributed by atoms with Crippen molar-refractivity contribution in [3.05, 3.63) is 48.2 Å². The summed E-state index contributed by atoms with van der Waals surface area (Å²) in [6, 6.07) is 10.8. The summed E-state index contributed by atoms with van der Waals surface area (Å²) in [7, 11) is 0. The van der Waals surface area contributed by atoms with Gasteiger partial charge in [0.25, 0.3) is 0 Å². The molecule has 0 radical (unpaired) electrons. The highest BCUT2D eigenvalue weighted by atomic mass is 127. The van der Waals surface area contributed by atoms with E-state index in [2.05, 4.69) is 20.6 Å². The van der Waals surface area contributed by atoms with Crippen molar-refractivity contribution >= 4 is 29.9 Å². The van der Waals surface area contributed by atoms with Crippen LogP contribution in [0.15, 0.2) is 47.6 Å². The highest BCUT2D eigenvalue weighted by molar-refractivity contribution is 14.0. The van der Waals surface area contributed by atoms with Gasteiger partial charge in [0.05, 0.1) is 19.6 Å². The van der Waals surface area contributed by atoms with Gasteiger partial charge in [0.2, 0.25) is 5.88 Å². The van der Waals surface area contributed by atoms with E-state index in [1.165, 1.54) is 0 Å². The fourth-order valence-electron chi connectivity index (χ4n) is 2.32. The van der Waals surface area contributed by atoms with E-state index in [0.29, 0.717) is 36.5 Å². The molecule has 1 heterocycles. The van der Waals surface area contributed by atoms with E-state index in [0.717, 1.165) is 5.56 Å². The summed E-state index contributed by atoms with van der Waals surface area (Å²) >= 11 is 0. The Morgan fingerprint density at radius 3 is 2.40 bits per heavy atom. The van der Waals surface area contributed by atoms with Crippen LogP contribution in [0.25, 0.3) is 0 Å². The molecule has 0 fully saturated rings. The molecule has 10 heteroatoms. The molecule has 0 aliphatic carbocycles. The van der Waals surface area contributed by atoms with Gasteiger partial charge < -0.3 is 20.1 Å². The van der Waals surface area contributed by atoms with E-state index in [1.54, 1.807) is 24.4 Å². The fraction of sp³-hybridized carbons (Fsp3) is 0.400. The van der Waals surface area contributed by atoms with Crippen LogP contribution in [-0.2, 0) is 6.54 Å². The van der Waals surface area contributed by atoms with E-state index in [1.807, 2.05) is 32.0 Å². The van der Waals surface area contributed by atoms with E-state index >= 15 is 0 Å². The minimum Gasteiger partial charge on any atom is -0.490 e. The Morgan fingerprint density at radius 1 is 1.07 bits per heavy atom. The SMILES string of the molecule is CCNC(=NCc1ccc(Oc2ccccc2OCC)nc1)NCCC(F)(F)F.I. The Hall–Kier alpha value is -2.24. The molecule has 2 rings (SSSR count).